The molecule has 3 heterocycles. The molecule has 7 rings (SSSR count). The van der Waals surface area contributed by atoms with E-state index in [1.54, 1.807) is 11.8 Å². The summed E-state index contributed by atoms with van der Waals surface area (Å²) in [4.78, 5) is 4.97. The van der Waals surface area contributed by atoms with Crippen molar-refractivity contribution in [2.75, 3.05) is 0 Å². The number of furan rings is 1. The van der Waals surface area contributed by atoms with Crippen LogP contribution in [0.4, 0.5) is 0 Å². The van der Waals surface area contributed by atoms with Gasteiger partial charge >= 0.3 is 0 Å². The molecule has 0 saturated heterocycles. The van der Waals surface area contributed by atoms with Gasteiger partial charge in [-0.05, 0) is 47.0 Å². The summed E-state index contributed by atoms with van der Waals surface area (Å²) in [7, 11) is 0. The van der Waals surface area contributed by atoms with Crippen molar-refractivity contribution in [1.29, 1.82) is 0 Å². The predicted molar refractivity (Wildman–Crippen MR) is 123 cm³/mol. The van der Waals surface area contributed by atoms with E-state index in [1.165, 1.54) is 16.8 Å². The number of imidazole rings is 1. The largest absolute Gasteiger partial charge is 0.456 e. The second kappa shape index (κ2) is 6.00. The number of fused-ring (bicyclic) bond motifs is 8. The third-order valence-electron chi connectivity index (χ3n) is 5.93. The molecular weight excluding hydrogens is 388 g/mol. The molecule has 0 saturated carbocycles. The first-order valence-electron chi connectivity index (χ1n) is 10.0. The summed E-state index contributed by atoms with van der Waals surface area (Å²) in [5.74, 6) is 0.965. The van der Waals surface area contributed by atoms with Gasteiger partial charge < -0.3 is 4.42 Å². The number of para-hydroxylation sites is 2. The second-order valence-corrected chi connectivity index (χ2v) is 8.57. The van der Waals surface area contributed by atoms with Crippen LogP contribution in [0.3, 0.4) is 0 Å². The molecule has 0 radical (unpaired) electrons. The normalized spacial score (nSPS) is 13.1. The van der Waals surface area contributed by atoms with E-state index in [0.717, 1.165) is 49.4 Å². The standard InChI is InChI=1S/C26H16N2OS/c1-3-9-21-17(6-1)15-30-26-27-20-14-16(12-13-22(20)28(21)26)18-8-5-11-24-25(18)19-7-2-4-10-23(19)29-24/h1-14H,15H2. The summed E-state index contributed by atoms with van der Waals surface area (Å²) in [6.45, 7) is 0. The maximum atomic E-state index is 6.08. The van der Waals surface area contributed by atoms with Crippen molar-refractivity contribution in [1.82, 2.24) is 9.55 Å². The van der Waals surface area contributed by atoms with E-state index < -0.39 is 0 Å². The number of hydrogen-bond acceptors (Lipinski definition) is 3. The van der Waals surface area contributed by atoms with Crippen LogP contribution in [-0.4, -0.2) is 9.55 Å². The number of rotatable bonds is 1. The van der Waals surface area contributed by atoms with E-state index >= 15 is 0 Å². The molecule has 0 aliphatic carbocycles. The molecule has 0 bridgehead atoms. The lowest BCUT2D eigenvalue weighted by Crippen LogP contribution is -2.05. The van der Waals surface area contributed by atoms with Crippen LogP contribution >= 0.6 is 11.8 Å². The van der Waals surface area contributed by atoms with Crippen LogP contribution in [0.15, 0.2) is 94.5 Å². The molecule has 2 aromatic heterocycles. The number of thioether (sulfide) groups is 1. The zero-order valence-corrected chi connectivity index (χ0v) is 16.8. The van der Waals surface area contributed by atoms with Crippen LogP contribution in [0.5, 0.6) is 0 Å². The van der Waals surface area contributed by atoms with Crippen molar-refractivity contribution in [2.45, 2.75) is 10.9 Å². The van der Waals surface area contributed by atoms with Crippen LogP contribution in [-0.2, 0) is 5.75 Å². The first-order valence-corrected chi connectivity index (χ1v) is 11.0. The molecule has 4 heteroatoms. The van der Waals surface area contributed by atoms with Crippen molar-refractivity contribution in [3.63, 3.8) is 0 Å². The lowest BCUT2D eigenvalue weighted by Gasteiger charge is -2.18. The smallest absolute Gasteiger partial charge is 0.174 e. The maximum absolute atomic E-state index is 6.08. The monoisotopic (exact) mass is 404 g/mol. The van der Waals surface area contributed by atoms with Crippen molar-refractivity contribution in [3.05, 3.63) is 90.5 Å². The third-order valence-corrected chi connectivity index (χ3v) is 6.91. The summed E-state index contributed by atoms with van der Waals surface area (Å²) in [5.41, 5.74) is 8.95. The maximum Gasteiger partial charge on any atom is 0.174 e. The fourth-order valence-corrected chi connectivity index (χ4v) is 5.58. The van der Waals surface area contributed by atoms with Crippen LogP contribution in [0, 0.1) is 0 Å². The van der Waals surface area contributed by atoms with Crippen LogP contribution < -0.4 is 0 Å². The Morgan fingerprint density at radius 2 is 1.70 bits per heavy atom. The molecule has 142 valence electrons. The molecule has 3 nitrogen and oxygen atoms in total. The Balaban J connectivity index is 1.48. The molecular formula is C26H16N2OS. The average Bonchev–Trinajstić information content (AvgIpc) is 3.36. The molecule has 0 amide bonds. The van der Waals surface area contributed by atoms with Gasteiger partial charge in [-0.3, -0.25) is 4.57 Å². The molecule has 0 fully saturated rings. The summed E-state index contributed by atoms with van der Waals surface area (Å²) >= 11 is 1.80. The molecule has 1 aliphatic rings. The Morgan fingerprint density at radius 3 is 2.70 bits per heavy atom. The highest BCUT2D eigenvalue weighted by atomic mass is 32.2. The van der Waals surface area contributed by atoms with E-state index in [0.29, 0.717) is 0 Å². The van der Waals surface area contributed by atoms with Crippen molar-refractivity contribution >= 4 is 44.7 Å². The van der Waals surface area contributed by atoms with Crippen LogP contribution in [0.2, 0.25) is 0 Å². The first-order chi connectivity index (χ1) is 14.9. The minimum atomic E-state index is 0.919. The Bertz CT molecular complexity index is 1610. The van der Waals surface area contributed by atoms with Crippen molar-refractivity contribution in [3.8, 4) is 16.8 Å². The SMILES string of the molecule is c1ccc2c(c1)CSc1nc3cc(-c4cccc5oc6ccccc6c45)ccc3n1-2. The minimum Gasteiger partial charge on any atom is -0.456 e. The van der Waals surface area contributed by atoms with E-state index in [2.05, 4.69) is 71.3 Å². The predicted octanol–water partition coefficient (Wildman–Crippen LogP) is 7.20. The summed E-state index contributed by atoms with van der Waals surface area (Å²) in [6.07, 6.45) is 0. The van der Waals surface area contributed by atoms with Crippen LogP contribution in [0.1, 0.15) is 5.56 Å². The van der Waals surface area contributed by atoms with Gasteiger partial charge in [0.15, 0.2) is 5.16 Å². The molecule has 0 atom stereocenters. The Hall–Kier alpha value is -3.50. The highest BCUT2D eigenvalue weighted by Gasteiger charge is 2.21. The van der Waals surface area contributed by atoms with Gasteiger partial charge in [0.2, 0.25) is 0 Å². The van der Waals surface area contributed by atoms with Gasteiger partial charge in [-0.25, -0.2) is 4.98 Å². The molecule has 1 aliphatic heterocycles. The fourth-order valence-electron chi connectivity index (χ4n) is 4.56. The molecule has 0 N–H and O–H groups in total. The zero-order valence-electron chi connectivity index (χ0n) is 16.0. The quantitative estimate of drug-likeness (QED) is 0.290. The number of nitrogens with zero attached hydrogens (tertiary/aromatic N) is 2. The van der Waals surface area contributed by atoms with Gasteiger partial charge in [0.25, 0.3) is 0 Å². The second-order valence-electron chi connectivity index (χ2n) is 7.63. The highest BCUT2D eigenvalue weighted by Crippen LogP contribution is 2.40. The fraction of sp³-hybridized carbons (Fsp3) is 0.0385. The van der Waals surface area contributed by atoms with E-state index in [-0.39, 0.29) is 0 Å². The van der Waals surface area contributed by atoms with Crippen molar-refractivity contribution < 1.29 is 4.42 Å². The van der Waals surface area contributed by atoms with Crippen molar-refractivity contribution in [2.24, 2.45) is 0 Å². The number of aromatic nitrogens is 2. The Morgan fingerprint density at radius 1 is 0.833 bits per heavy atom. The molecule has 6 aromatic rings. The van der Waals surface area contributed by atoms with Gasteiger partial charge in [-0.15, -0.1) is 0 Å². The molecule has 4 aromatic carbocycles. The summed E-state index contributed by atoms with van der Waals surface area (Å²) in [6, 6.07) is 29.7. The van der Waals surface area contributed by atoms with Gasteiger partial charge in [0, 0.05) is 16.5 Å². The lowest BCUT2D eigenvalue weighted by molar-refractivity contribution is 0.669. The lowest BCUT2D eigenvalue weighted by atomic mass is 9.99. The van der Waals surface area contributed by atoms with Crippen LogP contribution in [0.25, 0.3) is 49.8 Å². The molecule has 30 heavy (non-hydrogen) atoms. The average molecular weight is 404 g/mol. The summed E-state index contributed by atoms with van der Waals surface area (Å²) in [5, 5.41) is 3.38. The zero-order chi connectivity index (χ0) is 19.7. The Kier molecular flexibility index (Phi) is 3.26. The molecule has 0 spiro atoms. The number of hydrogen-bond donors (Lipinski definition) is 0. The van der Waals surface area contributed by atoms with E-state index in [9.17, 15) is 0 Å². The minimum absolute atomic E-state index is 0.919. The first kappa shape index (κ1) is 16.3. The van der Waals surface area contributed by atoms with Gasteiger partial charge in [0.1, 0.15) is 11.2 Å². The summed E-state index contributed by atoms with van der Waals surface area (Å²) < 4.78 is 8.37. The van der Waals surface area contributed by atoms with Gasteiger partial charge in [-0.1, -0.05) is 66.4 Å². The van der Waals surface area contributed by atoms with E-state index in [1.807, 2.05) is 18.2 Å². The molecule has 0 unspecified atom stereocenters. The van der Waals surface area contributed by atoms with E-state index in [4.69, 9.17) is 9.40 Å². The topological polar surface area (TPSA) is 31.0 Å². The van der Waals surface area contributed by atoms with Gasteiger partial charge in [-0.2, -0.15) is 0 Å². The third kappa shape index (κ3) is 2.20. The Labute approximate surface area is 177 Å². The van der Waals surface area contributed by atoms with Gasteiger partial charge in [0.05, 0.1) is 16.7 Å². The number of benzene rings is 4. The highest BCUT2D eigenvalue weighted by molar-refractivity contribution is 7.98.